The van der Waals surface area contributed by atoms with Gasteiger partial charge in [-0.3, -0.25) is 24.1 Å². The van der Waals surface area contributed by atoms with Crippen LogP contribution >= 0.6 is 0 Å². The van der Waals surface area contributed by atoms with Crippen molar-refractivity contribution >= 4 is 29.3 Å². The van der Waals surface area contributed by atoms with Gasteiger partial charge in [0.05, 0.1) is 54.8 Å². The van der Waals surface area contributed by atoms with E-state index in [9.17, 15) is 24.3 Å². The number of nitrogens with zero attached hydrogens (tertiary/aromatic N) is 3. The fraction of sp³-hybridized carbons (Fsp3) is 0.644. The van der Waals surface area contributed by atoms with Crippen LogP contribution in [0.1, 0.15) is 91.9 Å². The van der Waals surface area contributed by atoms with E-state index in [2.05, 4.69) is 10.6 Å². The zero-order valence-electron chi connectivity index (χ0n) is 37.0. The molecule has 1 heterocycles. The van der Waals surface area contributed by atoms with Crippen molar-refractivity contribution in [3.63, 3.8) is 0 Å². The molecular formula is C45H72N6O7. The minimum Gasteiger partial charge on any atom is -0.399 e. The number of anilines is 1. The van der Waals surface area contributed by atoms with Gasteiger partial charge in [0.25, 0.3) is 0 Å². The second-order valence-corrected chi connectivity index (χ2v) is 17.2. The summed E-state index contributed by atoms with van der Waals surface area (Å²) in [5, 5.41) is 16.9. The second-order valence-electron chi connectivity index (χ2n) is 17.2. The minimum atomic E-state index is -0.885. The quantitative estimate of drug-likeness (QED) is 0.132. The molecule has 3 rings (SSSR count). The van der Waals surface area contributed by atoms with Crippen molar-refractivity contribution in [3.05, 3.63) is 65.7 Å². The van der Waals surface area contributed by atoms with Crippen LogP contribution in [0.3, 0.4) is 0 Å². The summed E-state index contributed by atoms with van der Waals surface area (Å²) in [7, 11) is 6.71. The average molecular weight is 809 g/mol. The summed E-state index contributed by atoms with van der Waals surface area (Å²) in [6.07, 6.45) is -0.707. The molecule has 5 N–H and O–H groups in total. The summed E-state index contributed by atoms with van der Waals surface area (Å²) >= 11 is 0. The Hall–Kier alpha value is -4.04. The van der Waals surface area contributed by atoms with Gasteiger partial charge in [-0.25, -0.2) is 0 Å². The van der Waals surface area contributed by atoms with E-state index < -0.39 is 48.4 Å². The van der Waals surface area contributed by atoms with Crippen LogP contribution in [-0.4, -0.2) is 121 Å². The Morgan fingerprint density at radius 3 is 2.07 bits per heavy atom. The van der Waals surface area contributed by atoms with Crippen molar-refractivity contribution < 1.29 is 33.8 Å². The van der Waals surface area contributed by atoms with Crippen LogP contribution in [0.25, 0.3) is 0 Å². The Bertz CT molecular complexity index is 1620. The van der Waals surface area contributed by atoms with Gasteiger partial charge in [-0.1, -0.05) is 90.9 Å². The topological polar surface area (TPSA) is 167 Å². The standard InChI is InChI=1S/C45H72N6O7/c1-27(2)38(48-44(55)40(29(5)6)49(9)26-32-18-16-21-34(46)24-32)45(56)50(10)39(28(3)4)36(57-11)25-37(52)51-23-17-22-35(51)42(58-12)30(7)43(54)47-31(8)41(53)33-19-14-13-15-20-33/h13-16,18-21,24,27-31,35-36,38-42,53H,17,22-23,25-26,46H2,1-12H3,(H,47,54)(H,48,55)/t30-,31-,35+,36-,38+,39+,40+,41-,42-/m1/s1. The molecular weight excluding hydrogens is 737 g/mol. The van der Waals surface area contributed by atoms with Crippen LogP contribution in [0, 0.1) is 23.7 Å². The van der Waals surface area contributed by atoms with Crippen molar-refractivity contribution in [1.82, 2.24) is 25.3 Å². The van der Waals surface area contributed by atoms with Gasteiger partial charge in [-0.05, 0) is 67.8 Å². The lowest BCUT2D eigenvalue weighted by Crippen LogP contribution is -2.59. The summed E-state index contributed by atoms with van der Waals surface area (Å²) < 4.78 is 11.9. The van der Waals surface area contributed by atoms with Crippen LogP contribution in [0.2, 0.25) is 0 Å². The minimum absolute atomic E-state index is 0.00764. The van der Waals surface area contributed by atoms with E-state index in [1.807, 2.05) is 108 Å². The lowest BCUT2D eigenvalue weighted by molar-refractivity contribution is -0.148. The molecule has 2 aromatic rings. The largest absolute Gasteiger partial charge is 0.399 e. The normalized spacial score (nSPS) is 18.7. The highest BCUT2D eigenvalue weighted by Crippen LogP contribution is 2.30. The lowest BCUT2D eigenvalue weighted by atomic mass is 9.91. The molecule has 1 aliphatic rings. The maximum Gasteiger partial charge on any atom is 0.245 e. The lowest BCUT2D eigenvalue weighted by Gasteiger charge is -2.40. The molecule has 0 aromatic heterocycles. The van der Waals surface area contributed by atoms with Crippen molar-refractivity contribution in [3.8, 4) is 0 Å². The number of benzene rings is 2. The molecule has 0 bridgehead atoms. The number of likely N-dealkylation sites (tertiary alicyclic amines) is 1. The van der Waals surface area contributed by atoms with Gasteiger partial charge in [0, 0.05) is 40.0 Å². The molecule has 58 heavy (non-hydrogen) atoms. The van der Waals surface area contributed by atoms with Gasteiger partial charge >= 0.3 is 0 Å². The highest BCUT2D eigenvalue weighted by molar-refractivity contribution is 5.90. The molecule has 1 aliphatic heterocycles. The predicted molar refractivity (Wildman–Crippen MR) is 228 cm³/mol. The predicted octanol–water partition coefficient (Wildman–Crippen LogP) is 4.63. The van der Waals surface area contributed by atoms with Crippen LogP contribution in [0.15, 0.2) is 54.6 Å². The number of amides is 4. The molecule has 0 spiro atoms. The molecule has 0 aliphatic carbocycles. The van der Waals surface area contributed by atoms with Gasteiger partial charge in [0.1, 0.15) is 6.04 Å². The first-order chi connectivity index (χ1) is 27.3. The van der Waals surface area contributed by atoms with E-state index in [0.717, 1.165) is 12.0 Å². The molecule has 0 radical (unpaired) electrons. The fourth-order valence-electron chi connectivity index (χ4n) is 8.63. The Balaban J connectivity index is 1.74. The summed E-state index contributed by atoms with van der Waals surface area (Å²) in [5.74, 6) is -1.90. The number of ether oxygens (including phenoxy) is 2. The van der Waals surface area contributed by atoms with Gasteiger partial charge < -0.3 is 40.7 Å². The van der Waals surface area contributed by atoms with Gasteiger partial charge in [0.15, 0.2) is 0 Å². The number of nitrogens with two attached hydrogens (primary N) is 1. The third-order valence-corrected chi connectivity index (χ3v) is 11.7. The zero-order chi connectivity index (χ0) is 43.4. The fourth-order valence-corrected chi connectivity index (χ4v) is 8.63. The SMILES string of the molecule is CO[C@H]([C@@H](C)C(=O)N[C@H](C)[C@@H](O)c1ccccc1)[C@@H]1CCCN1C(=O)C[C@@H](OC)[C@H](C(C)C)N(C)C(=O)[C@@H](NC(=O)[C@H](C(C)C)N(C)Cc1cccc(N)c1)C(C)C. The van der Waals surface area contributed by atoms with Crippen molar-refractivity contribution in [1.29, 1.82) is 0 Å². The Kier molecular flexibility index (Phi) is 18.6. The van der Waals surface area contributed by atoms with Gasteiger partial charge in [0.2, 0.25) is 23.6 Å². The number of hydrogen-bond donors (Lipinski definition) is 4. The number of methoxy groups -OCH3 is 2. The van der Waals surface area contributed by atoms with E-state index in [1.165, 1.54) is 0 Å². The number of aliphatic hydroxyl groups excluding tert-OH is 1. The molecule has 324 valence electrons. The third kappa shape index (κ3) is 12.5. The van der Waals surface area contributed by atoms with E-state index in [0.29, 0.717) is 30.8 Å². The van der Waals surface area contributed by atoms with E-state index >= 15 is 0 Å². The van der Waals surface area contributed by atoms with Gasteiger partial charge in [-0.15, -0.1) is 0 Å². The van der Waals surface area contributed by atoms with Crippen molar-refractivity contribution in [2.45, 2.75) is 130 Å². The van der Waals surface area contributed by atoms with Crippen molar-refractivity contribution in [2.24, 2.45) is 23.7 Å². The average Bonchev–Trinajstić information content (AvgIpc) is 3.66. The summed E-state index contributed by atoms with van der Waals surface area (Å²) in [6.45, 7) is 16.3. The zero-order valence-corrected chi connectivity index (χ0v) is 37.0. The van der Waals surface area contributed by atoms with Crippen LogP contribution in [0.5, 0.6) is 0 Å². The third-order valence-electron chi connectivity index (χ3n) is 11.7. The molecule has 9 atom stereocenters. The van der Waals surface area contributed by atoms with Gasteiger partial charge in [-0.2, -0.15) is 0 Å². The summed E-state index contributed by atoms with van der Waals surface area (Å²) in [6, 6.07) is 14.0. The molecule has 0 saturated carbocycles. The van der Waals surface area contributed by atoms with Crippen molar-refractivity contribution in [2.75, 3.05) is 40.6 Å². The monoisotopic (exact) mass is 809 g/mol. The van der Waals surface area contributed by atoms with Crippen LogP contribution in [0.4, 0.5) is 5.69 Å². The Labute approximate surface area is 347 Å². The molecule has 1 saturated heterocycles. The summed E-state index contributed by atoms with van der Waals surface area (Å²) in [5.41, 5.74) is 8.36. The van der Waals surface area contributed by atoms with Crippen LogP contribution in [-0.2, 0) is 35.2 Å². The smallest absolute Gasteiger partial charge is 0.245 e. The number of hydrogen-bond acceptors (Lipinski definition) is 9. The first-order valence-corrected chi connectivity index (χ1v) is 20.8. The molecule has 0 unspecified atom stereocenters. The number of nitrogens with one attached hydrogen (secondary N) is 2. The molecule has 1 fully saturated rings. The molecule has 13 heteroatoms. The van der Waals surface area contributed by atoms with E-state index in [4.69, 9.17) is 15.2 Å². The maximum absolute atomic E-state index is 14.4. The number of likely N-dealkylation sites (N-methyl/N-ethyl adjacent to an activating group) is 2. The van der Waals surface area contributed by atoms with E-state index in [1.54, 1.807) is 44.9 Å². The number of rotatable bonds is 21. The maximum atomic E-state index is 14.4. The Morgan fingerprint density at radius 1 is 0.862 bits per heavy atom. The first kappa shape index (κ1) is 48.3. The first-order valence-electron chi connectivity index (χ1n) is 20.8. The number of carbonyl (C=O) groups excluding carboxylic acids is 4. The van der Waals surface area contributed by atoms with Crippen LogP contribution < -0.4 is 16.4 Å². The highest BCUT2D eigenvalue weighted by Gasteiger charge is 2.43. The molecule has 4 amide bonds. The Morgan fingerprint density at radius 2 is 1.52 bits per heavy atom. The summed E-state index contributed by atoms with van der Waals surface area (Å²) in [4.78, 5) is 61.5. The molecule has 2 aromatic carbocycles. The number of carbonyl (C=O) groups is 4. The van der Waals surface area contributed by atoms with E-state index in [-0.39, 0.29) is 53.8 Å². The molecule has 13 nitrogen and oxygen atoms in total. The number of nitrogen functional groups attached to an aromatic ring is 1. The second kappa shape index (κ2) is 22.4. The number of aliphatic hydroxyl groups is 1. The highest BCUT2D eigenvalue weighted by atomic mass is 16.5.